The molecule has 3 nitrogen and oxygen atoms in total. The molecule has 0 aromatic heterocycles. The van der Waals surface area contributed by atoms with Crippen molar-refractivity contribution in [3.63, 3.8) is 0 Å². The summed E-state index contributed by atoms with van der Waals surface area (Å²) in [5.74, 6) is 0.544. The lowest BCUT2D eigenvalue weighted by Gasteiger charge is -2.41. The Hall–Kier alpha value is -2.83. The lowest BCUT2D eigenvalue weighted by molar-refractivity contribution is 0.207. The van der Waals surface area contributed by atoms with E-state index in [2.05, 4.69) is 77.6 Å². The van der Waals surface area contributed by atoms with Crippen LogP contribution in [0.25, 0.3) is 10.8 Å². The number of benzene rings is 3. The number of nitrogens with zero attached hydrogens (tertiary/aromatic N) is 3. The maximum atomic E-state index is 9.47. The maximum absolute atomic E-state index is 9.47. The van der Waals surface area contributed by atoms with E-state index >= 15 is 0 Å². The van der Waals surface area contributed by atoms with Crippen LogP contribution in [0, 0.1) is 11.3 Å². The van der Waals surface area contributed by atoms with Crippen LogP contribution in [-0.2, 0) is 0 Å². The number of hydrogen-bond donors (Lipinski definition) is 0. The van der Waals surface area contributed by atoms with E-state index in [1.54, 1.807) is 0 Å². The zero-order chi connectivity index (χ0) is 19.3. The number of hydrazine groups is 1. The van der Waals surface area contributed by atoms with Crippen molar-refractivity contribution in [3.8, 4) is 6.07 Å². The third kappa shape index (κ3) is 3.74. The van der Waals surface area contributed by atoms with Gasteiger partial charge in [0.25, 0.3) is 0 Å². The van der Waals surface area contributed by atoms with Gasteiger partial charge in [0.15, 0.2) is 0 Å². The van der Waals surface area contributed by atoms with Crippen LogP contribution in [0.1, 0.15) is 43.2 Å². The highest BCUT2D eigenvalue weighted by Crippen LogP contribution is 2.32. The van der Waals surface area contributed by atoms with Crippen molar-refractivity contribution in [2.45, 2.75) is 32.1 Å². The van der Waals surface area contributed by atoms with Crippen LogP contribution >= 0.6 is 0 Å². The molecule has 1 saturated heterocycles. The fourth-order valence-corrected chi connectivity index (χ4v) is 4.22. The van der Waals surface area contributed by atoms with Crippen LogP contribution in [0.2, 0.25) is 0 Å². The molecule has 0 amide bonds. The fourth-order valence-electron chi connectivity index (χ4n) is 4.22. The number of rotatable bonds is 5. The van der Waals surface area contributed by atoms with Crippen molar-refractivity contribution in [1.29, 1.82) is 5.26 Å². The maximum Gasteiger partial charge on any atom is 0.0998 e. The van der Waals surface area contributed by atoms with E-state index in [0.29, 0.717) is 5.92 Å². The van der Waals surface area contributed by atoms with Gasteiger partial charge in [-0.15, -0.1) is 0 Å². The van der Waals surface area contributed by atoms with Gasteiger partial charge in [-0.3, -0.25) is 0 Å². The van der Waals surface area contributed by atoms with Gasteiger partial charge in [0.05, 0.1) is 17.3 Å². The quantitative estimate of drug-likeness (QED) is 0.576. The molecule has 0 aliphatic carbocycles. The predicted molar refractivity (Wildman–Crippen MR) is 116 cm³/mol. The average molecular weight is 370 g/mol. The van der Waals surface area contributed by atoms with E-state index in [0.717, 1.165) is 37.0 Å². The van der Waals surface area contributed by atoms with Crippen molar-refractivity contribution in [2.75, 3.05) is 24.6 Å². The summed E-state index contributed by atoms with van der Waals surface area (Å²) in [6.07, 6.45) is 3.58. The topological polar surface area (TPSA) is 30.3 Å². The van der Waals surface area contributed by atoms with E-state index in [9.17, 15) is 5.26 Å². The van der Waals surface area contributed by atoms with Gasteiger partial charge in [-0.05, 0) is 42.9 Å². The van der Waals surface area contributed by atoms with Crippen LogP contribution in [0.3, 0.4) is 0 Å². The van der Waals surface area contributed by atoms with Crippen molar-refractivity contribution in [1.82, 2.24) is 5.01 Å². The highest BCUT2D eigenvalue weighted by molar-refractivity contribution is 5.97. The first kappa shape index (κ1) is 18.5. The van der Waals surface area contributed by atoms with Crippen molar-refractivity contribution < 1.29 is 0 Å². The summed E-state index contributed by atoms with van der Waals surface area (Å²) in [6, 6.07) is 25.5. The normalized spacial score (nSPS) is 16.1. The standard InChI is InChI=1S/C25H27N3/c1-20(21-9-3-2-4-10-21)15-18-27-16-7-8-17-28(27)25-14-13-22(19-26)23-11-5-6-12-24(23)25/h2-6,9-14,20H,7-8,15-18H2,1H3. The van der Waals surface area contributed by atoms with E-state index in [1.165, 1.54) is 29.5 Å². The third-order valence-electron chi connectivity index (χ3n) is 5.87. The van der Waals surface area contributed by atoms with Gasteiger partial charge in [-0.1, -0.05) is 61.5 Å². The lowest BCUT2D eigenvalue weighted by Crippen LogP contribution is -2.48. The molecule has 28 heavy (non-hydrogen) atoms. The average Bonchev–Trinajstić information content (AvgIpc) is 2.77. The van der Waals surface area contributed by atoms with Gasteiger partial charge >= 0.3 is 0 Å². The smallest absolute Gasteiger partial charge is 0.0998 e. The van der Waals surface area contributed by atoms with Gasteiger partial charge in [-0.2, -0.15) is 5.26 Å². The first-order valence-corrected chi connectivity index (χ1v) is 10.3. The number of anilines is 1. The van der Waals surface area contributed by atoms with Crippen LogP contribution in [0.4, 0.5) is 5.69 Å². The van der Waals surface area contributed by atoms with Gasteiger partial charge in [0, 0.05) is 30.4 Å². The molecule has 1 heterocycles. The molecule has 1 atom stereocenters. The summed E-state index contributed by atoms with van der Waals surface area (Å²) < 4.78 is 0. The second kappa shape index (κ2) is 8.46. The molecule has 3 aromatic carbocycles. The highest BCUT2D eigenvalue weighted by Gasteiger charge is 2.23. The Bertz CT molecular complexity index is 974. The first-order chi connectivity index (χ1) is 13.8. The minimum absolute atomic E-state index is 0.544. The van der Waals surface area contributed by atoms with E-state index < -0.39 is 0 Å². The molecular formula is C25H27N3. The second-order valence-corrected chi connectivity index (χ2v) is 7.67. The van der Waals surface area contributed by atoms with Crippen LogP contribution in [0.15, 0.2) is 66.7 Å². The Balaban J connectivity index is 1.58. The predicted octanol–water partition coefficient (Wildman–Crippen LogP) is 5.72. The summed E-state index contributed by atoms with van der Waals surface area (Å²) in [5.41, 5.74) is 3.39. The van der Waals surface area contributed by atoms with E-state index in [4.69, 9.17) is 0 Å². The van der Waals surface area contributed by atoms with Crippen molar-refractivity contribution in [3.05, 3.63) is 77.9 Å². The molecule has 0 N–H and O–H groups in total. The largest absolute Gasteiger partial charge is 0.305 e. The molecule has 3 aromatic rings. The zero-order valence-corrected chi connectivity index (χ0v) is 16.5. The molecular weight excluding hydrogens is 342 g/mol. The Kier molecular flexibility index (Phi) is 5.60. The molecule has 0 bridgehead atoms. The lowest BCUT2D eigenvalue weighted by atomic mass is 9.97. The Morgan fingerprint density at radius 2 is 1.61 bits per heavy atom. The molecule has 1 aliphatic rings. The minimum atomic E-state index is 0.544. The van der Waals surface area contributed by atoms with Crippen LogP contribution in [0.5, 0.6) is 0 Å². The molecule has 0 radical (unpaired) electrons. The SMILES string of the molecule is CC(CCN1CCCCN1c1ccc(C#N)c2ccccc12)c1ccccc1. The van der Waals surface area contributed by atoms with Crippen molar-refractivity contribution >= 4 is 16.5 Å². The molecule has 142 valence electrons. The van der Waals surface area contributed by atoms with Gasteiger partial charge in [0.1, 0.15) is 0 Å². The number of nitriles is 1. The summed E-state index contributed by atoms with van der Waals surface area (Å²) in [7, 11) is 0. The van der Waals surface area contributed by atoms with Crippen LogP contribution < -0.4 is 5.01 Å². The Labute approximate surface area is 167 Å². The third-order valence-corrected chi connectivity index (χ3v) is 5.87. The summed E-state index contributed by atoms with van der Waals surface area (Å²) >= 11 is 0. The fraction of sp³-hybridized carbons (Fsp3) is 0.320. The Morgan fingerprint density at radius 3 is 2.39 bits per heavy atom. The summed E-state index contributed by atoms with van der Waals surface area (Å²) in [5, 5.41) is 16.6. The van der Waals surface area contributed by atoms with Crippen LogP contribution in [-0.4, -0.2) is 24.6 Å². The highest BCUT2D eigenvalue weighted by atomic mass is 15.6. The number of hydrogen-bond acceptors (Lipinski definition) is 3. The second-order valence-electron chi connectivity index (χ2n) is 7.67. The molecule has 1 unspecified atom stereocenters. The molecule has 3 heteroatoms. The minimum Gasteiger partial charge on any atom is -0.305 e. The van der Waals surface area contributed by atoms with Gasteiger partial charge < -0.3 is 5.01 Å². The molecule has 1 fully saturated rings. The number of fused-ring (bicyclic) bond motifs is 1. The zero-order valence-electron chi connectivity index (χ0n) is 16.5. The van der Waals surface area contributed by atoms with E-state index in [-0.39, 0.29) is 0 Å². The van der Waals surface area contributed by atoms with Crippen molar-refractivity contribution in [2.24, 2.45) is 0 Å². The molecule has 0 spiro atoms. The molecule has 1 aliphatic heterocycles. The van der Waals surface area contributed by atoms with E-state index in [1.807, 2.05) is 12.1 Å². The summed E-state index contributed by atoms with van der Waals surface area (Å²) in [4.78, 5) is 0. The summed E-state index contributed by atoms with van der Waals surface area (Å²) in [6.45, 7) is 5.50. The van der Waals surface area contributed by atoms with Gasteiger partial charge in [-0.25, -0.2) is 5.01 Å². The van der Waals surface area contributed by atoms with Gasteiger partial charge in [0.2, 0.25) is 0 Å². The monoisotopic (exact) mass is 369 g/mol. The molecule has 4 rings (SSSR count). The Morgan fingerprint density at radius 1 is 0.893 bits per heavy atom. The molecule has 0 saturated carbocycles. The first-order valence-electron chi connectivity index (χ1n) is 10.3.